The van der Waals surface area contributed by atoms with Gasteiger partial charge in [0.05, 0.1) is 0 Å². The molecular formula is C12H16. The summed E-state index contributed by atoms with van der Waals surface area (Å²) in [5, 5.41) is 0. The molecule has 0 radical (unpaired) electrons. The third-order valence-corrected chi connectivity index (χ3v) is 2.31. The lowest BCUT2D eigenvalue weighted by Crippen LogP contribution is -1.81. The van der Waals surface area contributed by atoms with Gasteiger partial charge in [-0.2, -0.15) is 0 Å². The number of hydrogen-bond donors (Lipinski definition) is 0. The van der Waals surface area contributed by atoms with Gasteiger partial charge in [-0.3, -0.25) is 0 Å². The second-order valence-corrected chi connectivity index (χ2v) is 2.94. The molecule has 0 heteroatoms. The summed E-state index contributed by atoms with van der Waals surface area (Å²) in [6, 6.07) is 8.67. The average molecular weight is 160 g/mol. The fraction of sp³-hybridized carbons (Fsp3) is 0.333. The Bertz CT molecular complexity index is 295. The lowest BCUT2D eigenvalue weighted by atomic mass is 10.0. The first-order chi connectivity index (χ1) is 5.42. The summed E-state index contributed by atoms with van der Waals surface area (Å²) in [6.45, 7) is 2.22. The standard InChI is InChI=1S/C11H12.CH4/c1-2-9-7-8-10-5-3-4-6-11(9)10;/h3-7H,2,8H2,1H3;1H4. The zero-order chi connectivity index (χ0) is 7.68. The van der Waals surface area contributed by atoms with Crippen LogP contribution in [0.1, 0.15) is 31.9 Å². The van der Waals surface area contributed by atoms with Crippen LogP contribution in [-0.4, -0.2) is 0 Å². The molecule has 1 aliphatic rings. The molecule has 0 nitrogen and oxygen atoms in total. The Labute approximate surface area is 74.9 Å². The zero-order valence-corrected chi connectivity index (χ0v) is 6.80. The molecule has 0 aliphatic heterocycles. The van der Waals surface area contributed by atoms with Crippen molar-refractivity contribution in [3.63, 3.8) is 0 Å². The SMILES string of the molecule is C.CCC1=CCc2ccccc21. The van der Waals surface area contributed by atoms with Crippen molar-refractivity contribution >= 4 is 5.57 Å². The number of hydrogen-bond acceptors (Lipinski definition) is 0. The van der Waals surface area contributed by atoms with Gasteiger partial charge in [-0.15, -0.1) is 0 Å². The van der Waals surface area contributed by atoms with E-state index in [1.807, 2.05) is 0 Å². The third-order valence-electron chi connectivity index (χ3n) is 2.31. The molecule has 1 aliphatic carbocycles. The normalized spacial score (nSPS) is 13.2. The van der Waals surface area contributed by atoms with Crippen LogP contribution in [0.3, 0.4) is 0 Å². The number of fused-ring (bicyclic) bond motifs is 1. The highest BCUT2D eigenvalue weighted by molar-refractivity contribution is 5.72. The number of allylic oxidation sites excluding steroid dienone is 2. The molecule has 0 fully saturated rings. The molecule has 0 spiro atoms. The van der Waals surface area contributed by atoms with Crippen LogP contribution in [0.4, 0.5) is 0 Å². The maximum Gasteiger partial charge on any atom is -0.00854 e. The minimum Gasteiger partial charge on any atom is -0.0776 e. The number of rotatable bonds is 1. The monoisotopic (exact) mass is 160 g/mol. The third kappa shape index (κ3) is 1.29. The topological polar surface area (TPSA) is 0 Å². The first-order valence-electron chi connectivity index (χ1n) is 4.19. The Hall–Kier alpha value is -1.04. The van der Waals surface area contributed by atoms with Crippen LogP contribution in [0.5, 0.6) is 0 Å². The summed E-state index contributed by atoms with van der Waals surface area (Å²) in [6.07, 6.45) is 4.64. The minimum atomic E-state index is 0. The lowest BCUT2D eigenvalue weighted by molar-refractivity contribution is 1.25. The molecule has 0 N–H and O–H groups in total. The van der Waals surface area contributed by atoms with E-state index in [0.29, 0.717) is 0 Å². The molecule has 12 heavy (non-hydrogen) atoms. The highest BCUT2D eigenvalue weighted by atomic mass is 14.1. The fourth-order valence-electron chi connectivity index (χ4n) is 1.69. The van der Waals surface area contributed by atoms with Gasteiger partial charge >= 0.3 is 0 Å². The van der Waals surface area contributed by atoms with Crippen LogP contribution >= 0.6 is 0 Å². The van der Waals surface area contributed by atoms with Gasteiger partial charge in [0.1, 0.15) is 0 Å². The van der Waals surface area contributed by atoms with E-state index < -0.39 is 0 Å². The summed E-state index contributed by atoms with van der Waals surface area (Å²) >= 11 is 0. The van der Waals surface area contributed by atoms with Gasteiger partial charge in [0.2, 0.25) is 0 Å². The highest BCUT2D eigenvalue weighted by Gasteiger charge is 2.09. The van der Waals surface area contributed by atoms with Crippen molar-refractivity contribution in [1.29, 1.82) is 0 Å². The molecule has 0 aromatic heterocycles. The van der Waals surface area contributed by atoms with E-state index in [1.165, 1.54) is 16.7 Å². The van der Waals surface area contributed by atoms with Crippen molar-refractivity contribution in [2.24, 2.45) is 0 Å². The van der Waals surface area contributed by atoms with Crippen LogP contribution < -0.4 is 0 Å². The van der Waals surface area contributed by atoms with Gasteiger partial charge in [0.15, 0.2) is 0 Å². The van der Waals surface area contributed by atoms with Gasteiger partial charge in [0, 0.05) is 0 Å². The summed E-state index contributed by atoms with van der Waals surface area (Å²) < 4.78 is 0. The summed E-state index contributed by atoms with van der Waals surface area (Å²) in [5.41, 5.74) is 4.47. The summed E-state index contributed by atoms with van der Waals surface area (Å²) in [7, 11) is 0. The van der Waals surface area contributed by atoms with E-state index in [1.54, 1.807) is 0 Å². The molecule has 0 amide bonds. The fourth-order valence-corrected chi connectivity index (χ4v) is 1.69. The van der Waals surface area contributed by atoms with Crippen LogP contribution in [0.25, 0.3) is 5.57 Å². The molecule has 1 aromatic rings. The Morgan fingerprint density at radius 3 is 2.75 bits per heavy atom. The van der Waals surface area contributed by atoms with Crippen molar-refractivity contribution in [3.8, 4) is 0 Å². The maximum absolute atomic E-state index is 2.34. The maximum atomic E-state index is 2.34. The van der Waals surface area contributed by atoms with E-state index >= 15 is 0 Å². The second-order valence-electron chi connectivity index (χ2n) is 2.94. The summed E-state index contributed by atoms with van der Waals surface area (Å²) in [4.78, 5) is 0. The van der Waals surface area contributed by atoms with E-state index in [2.05, 4.69) is 37.3 Å². The Kier molecular flexibility index (Phi) is 2.69. The molecule has 0 saturated carbocycles. The van der Waals surface area contributed by atoms with Crippen molar-refractivity contribution in [2.75, 3.05) is 0 Å². The molecule has 0 bridgehead atoms. The van der Waals surface area contributed by atoms with E-state index in [4.69, 9.17) is 0 Å². The van der Waals surface area contributed by atoms with Crippen molar-refractivity contribution < 1.29 is 0 Å². The van der Waals surface area contributed by atoms with Crippen molar-refractivity contribution in [3.05, 3.63) is 41.5 Å². The highest BCUT2D eigenvalue weighted by Crippen LogP contribution is 2.28. The molecule has 0 unspecified atom stereocenters. The first kappa shape index (κ1) is 9.05. The van der Waals surface area contributed by atoms with E-state index in [-0.39, 0.29) is 7.43 Å². The van der Waals surface area contributed by atoms with Gasteiger partial charge < -0.3 is 0 Å². The zero-order valence-electron chi connectivity index (χ0n) is 6.80. The van der Waals surface area contributed by atoms with Crippen molar-refractivity contribution in [2.45, 2.75) is 27.2 Å². The lowest BCUT2D eigenvalue weighted by Gasteiger charge is -2.00. The molecule has 64 valence electrons. The summed E-state index contributed by atoms with van der Waals surface area (Å²) in [5.74, 6) is 0. The van der Waals surface area contributed by atoms with Crippen LogP contribution in [-0.2, 0) is 6.42 Å². The smallest absolute Gasteiger partial charge is 0.00854 e. The van der Waals surface area contributed by atoms with Crippen molar-refractivity contribution in [1.82, 2.24) is 0 Å². The minimum absolute atomic E-state index is 0. The molecule has 0 saturated heterocycles. The average Bonchev–Trinajstić information content (AvgIpc) is 2.47. The van der Waals surface area contributed by atoms with Crippen LogP contribution in [0, 0.1) is 0 Å². The Balaban J connectivity index is 0.000000720. The van der Waals surface area contributed by atoms with E-state index in [9.17, 15) is 0 Å². The Morgan fingerprint density at radius 1 is 1.25 bits per heavy atom. The predicted molar refractivity (Wildman–Crippen MR) is 55.1 cm³/mol. The molecule has 0 heterocycles. The van der Waals surface area contributed by atoms with Crippen LogP contribution in [0.2, 0.25) is 0 Å². The first-order valence-corrected chi connectivity index (χ1v) is 4.19. The number of benzene rings is 1. The van der Waals surface area contributed by atoms with E-state index in [0.717, 1.165) is 12.8 Å². The molecule has 1 aromatic carbocycles. The predicted octanol–water partition coefficient (Wildman–Crippen LogP) is 3.67. The van der Waals surface area contributed by atoms with Crippen LogP contribution in [0.15, 0.2) is 30.3 Å². The molecule has 0 atom stereocenters. The molecular weight excluding hydrogens is 144 g/mol. The second kappa shape index (κ2) is 3.57. The Morgan fingerprint density at radius 2 is 2.00 bits per heavy atom. The van der Waals surface area contributed by atoms with Gasteiger partial charge in [0.25, 0.3) is 0 Å². The van der Waals surface area contributed by atoms with Gasteiger partial charge in [-0.05, 0) is 29.5 Å². The largest absolute Gasteiger partial charge is 0.0776 e. The van der Waals surface area contributed by atoms with Gasteiger partial charge in [-0.25, -0.2) is 0 Å². The quantitative estimate of drug-likeness (QED) is 0.588. The molecule has 2 rings (SSSR count). The van der Waals surface area contributed by atoms with Gasteiger partial charge in [-0.1, -0.05) is 44.7 Å².